The molecule has 2 rings (SSSR count). The van der Waals surface area contributed by atoms with E-state index < -0.39 is 0 Å². The molecule has 0 bridgehead atoms. The SMILES string of the molecule is CN(C)CCNC(=O)N1CCC(C#N)(CCc2ccccc2)CC1. The zero-order valence-corrected chi connectivity index (χ0v) is 14.8. The van der Waals surface area contributed by atoms with Gasteiger partial charge in [-0.05, 0) is 45.3 Å². The molecule has 0 atom stereocenters. The first-order valence-corrected chi connectivity index (χ1v) is 8.67. The van der Waals surface area contributed by atoms with E-state index in [0.717, 1.165) is 32.2 Å². The second kappa shape index (κ2) is 8.70. The quantitative estimate of drug-likeness (QED) is 0.873. The molecule has 1 fully saturated rings. The molecular weight excluding hydrogens is 300 g/mol. The van der Waals surface area contributed by atoms with Crippen LogP contribution >= 0.6 is 0 Å². The van der Waals surface area contributed by atoms with Crippen molar-refractivity contribution >= 4 is 6.03 Å². The topological polar surface area (TPSA) is 59.4 Å². The largest absolute Gasteiger partial charge is 0.337 e. The second-order valence-electron chi connectivity index (χ2n) is 6.90. The molecule has 130 valence electrons. The van der Waals surface area contributed by atoms with Crippen LogP contribution in [0.3, 0.4) is 0 Å². The molecule has 0 radical (unpaired) electrons. The normalized spacial score (nSPS) is 16.7. The number of nitriles is 1. The third-order valence-corrected chi connectivity index (χ3v) is 4.82. The van der Waals surface area contributed by atoms with Gasteiger partial charge in [0.2, 0.25) is 0 Å². The van der Waals surface area contributed by atoms with Crippen molar-refractivity contribution in [2.24, 2.45) is 5.41 Å². The van der Waals surface area contributed by atoms with Crippen LogP contribution in [0.25, 0.3) is 0 Å². The van der Waals surface area contributed by atoms with Crippen molar-refractivity contribution in [1.82, 2.24) is 15.1 Å². The number of amides is 2. The number of likely N-dealkylation sites (tertiary alicyclic amines) is 1. The minimum atomic E-state index is -0.295. The summed E-state index contributed by atoms with van der Waals surface area (Å²) >= 11 is 0. The molecule has 0 unspecified atom stereocenters. The van der Waals surface area contributed by atoms with Gasteiger partial charge in [0.25, 0.3) is 0 Å². The van der Waals surface area contributed by atoms with E-state index in [-0.39, 0.29) is 11.4 Å². The molecule has 0 aliphatic carbocycles. The van der Waals surface area contributed by atoms with Crippen LogP contribution in [0.5, 0.6) is 0 Å². The Hall–Kier alpha value is -2.06. The molecule has 1 aliphatic rings. The number of nitrogens with one attached hydrogen (secondary N) is 1. The van der Waals surface area contributed by atoms with Crippen LogP contribution in [0.2, 0.25) is 0 Å². The number of piperidine rings is 1. The highest BCUT2D eigenvalue weighted by Crippen LogP contribution is 2.35. The summed E-state index contributed by atoms with van der Waals surface area (Å²) in [5.74, 6) is 0. The fraction of sp³-hybridized carbons (Fsp3) is 0.579. The predicted molar refractivity (Wildman–Crippen MR) is 95.6 cm³/mol. The van der Waals surface area contributed by atoms with Crippen molar-refractivity contribution in [3.63, 3.8) is 0 Å². The Kier molecular flexibility index (Phi) is 6.62. The minimum Gasteiger partial charge on any atom is -0.337 e. The average molecular weight is 328 g/mol. The van der Waals surface area contributed by atoms with Crippen molar-refractivity contribution in [2.75, 3.05) is 40.3 Å². The van der Waals surface area contributed by atoms with Gasteiger partial charge in [0, 0.05) is 26.2 Å². The zero-order chi connectivity index (χ0) is 17.4. The molecule has 24 heavy (non-hydrogen) atoms. The van der Waals surface area contributed by atoms with E-state index in [1.807, 2.05) is 42.1 Å². The third-order valence-electron chi connectivity index (χ3n) is 4.82. The Morgan fingerprint density at radius 3 is 2.54 bits per heavy atom. The van der Waals surface area contributed by atoms with Gasteiger partial charge < -0.3 is 15.1 Å². The molecule has 0 spiro atoms. The van der Waals surface area contributed by atoms with Crippen LogP contribution in [-0.4, -0.2) is 56.1 Å². The Balaban J connectivity index is 1.80. The number of hydrogen-bond acceptors (Lipinski definition) is 3. The van der Waals surface area contributed by atoms with Crippen LogP contribution in [0.15, 0.2) is 30.3 Å². The van der Waals surface area contributed by atoms with E-state index in [4.69, 9.17) is 0 Å². The van der Waals surface area contributed by atoms with Gasteiger partial charge in [-0.25, -0.2) is 4.79 Å². The van der Waals surface area contributed by atoms with Gasteiger partial charge in [0.05, 0.1) is 11.5 Å². The smallest absolute Gasteiger partial charge is 0.317 e. The van der Waals surface area contributed by atoms with Crippen LogP contribution in [0.1, 0.15) is 24.8 Å². The summed E-state index contributed by atoms with van der Waals surface area (Å²) in [5.41, 5.74) is 0.979. The molecule has 1 aromatic rings. The van der Waals surface area contributed by atoms with Gasteiger partial charge >= 0.3 is 6.03 Å². The predicted octanol–water partition coefficient (Wildman–Crippen LogP) is 2.50. The molecule has 0 aromatic heterocycles. The fourth-order valence-electron chi connectivity index (χ4n) is 3.08. The fourth-order valence-corrected chi connectivity index (χ4v) is 3.08. The van der Waals surface area contributed by atoms with Crippen molar-refractivity contribution in [3.05, 3.63) is 35.9 Å². The molecule has 2 amide bonds. The van der Waals surface area contributed by atoms with Gasteiger partial charge in [-0.15, -0.1) is 0 Å². The molecule has 1 saturated heterocycles. The van der Waals surface area contributed by atoms with E-state index in [0.29, 0.717) is 19.6 Å². The molecule has 1 heterocycles. The summed E-state index contributed by atoms with van der Waals surface area (Å²) in [7, 11) is 3.97. The standard InChI is InChI=1S/C19H28N4O/c1-22(2)15-12-21-18(24)23-13-10-19(16-20,11-14-23)9-8-17-6-4-3-5-7-17/h3-7H,8-15H2,1-2H3,(H,21,24). The van der Waals surface area contributed by atoms with Gasteiger partial charge in [-0.2, -0.15) is 5.26 Å². The summed E-state index contributed by atoms with van der Waals surface area (Å²) < 4.78 is 0. The third kappa shape index (κ3) is 5.24. The van der Waals surface area contributed by atoms with Crippen LogP contribution in [-0.2, 0) is 6.42 Å². The molecule has 1 aliphatic heterocycles. The number of benzene rings is 1. The molecule has 5 nitrogen and oxygen atoms in total. The number of carbonyl (C=O) groups is 1. The maximum Gasteiger partial charge on any atom is 0.317 e. The lowest BCUT2D eigenvalue weighted by Crippen LogP contribution is -2.48. The van der Waals surface area contributed by atoms with Crippen LogP contribution in [0.4, 0.5) is 4.79 Å². The lowest BCUT2D eigenvalue weighted by molar-refractivity contribution is 0.143. The van der Waals surface area contributed by atoms with Gasteiger partial charge in [0.15, 0.2) is 0 Å². The van der Waals surface area contributed by atoms with E-state index in [9.17, 15) is 10.1 Å². The van der Waals surface area contributed by atoms with Crippen LogP contribution in [0, 0.1) is 16.7 Å². The van der Waals surface area contributed by atoms with Gasteiger partial charge in [-0.3, -0.25) is 0 Å². The van der Waals surface area contributed by atoms with Crippen LogP contribution < -0.4 is 5.32 Å². The summed E-state index contributed by atoms with van der Waals surface area (Å²) in [6.45, 7) is 2.81. The molecule has 1 N–H and O–H groups in total. The number of urea groups is 1. The van der Waals surface area contributed by atoms with E-state index >= 15 is 0 Å². The van der Waals surface area contributed by atoms with Gasteiger partial charge in [-0.1, -0.05) is 30.3 Å². The number of rotatable bonds is 6. The average Bonchev–Trinajstić information content (AvgIpc) is 2.61. The summed E-state index contributed by atoms with van der Waals surface area (Å²) in [5, 5.41) is 12.6. The molecule has 1 aromatic carbocycles. The Bertz CT molecular complexity index is 556. The first kappa shape index (κ1) is 18.3. The molecule has 5 heteroatoms. The minimum absolute atomic E-state index is 0.00792. The highest BCUT2D eigenvalue weighted by molar-refractivity contribution is 5.74. The maximum atomic E-state index is 12.2. The second-order valence-corrected chi connectivity index (χ2v) is 6.90. The number of hydrogen-bond donors (Lipinski definition) is 1. The lowest BCUT2D eigenvalue weighted by Gasteiger charge is -2.37. The highest BCUT2D eigenvalue weighted by Gasteiger charge is 2.35. The Morgan fingerprint density at radius 2 is 1.96 bits per heavy atom. The van der Waals surface area contributed by atoms with Gasteiger partial charge in [0.1, 0.15) is 0 Å². The number of carbonyl (C=O) groups excluding carboxylic acids is 1. The molecule has 0 saturated carbocycles. The van der Waals surface area contributed by atoms with Crippen molar-refractivity contribution in [3.8, 4) is 6.07 Å². The first-order chi connectivity index (χ1) is 11.5. The maximum absolute atomic E-state index is 12.2. The monoisotopic (exact) mass is 328 g/mol. The Labute approximate surface area is 145 Å². The van der Waals surface area contributed by atoms with Crippen molar-refractivity contribution < 1.29 is 4.79 Å². The van der Waals surface area contributed by atoms with Crippen molar-refractivity contribution in [1.29, 1.82) is 5.26 Å². The highest BCUT2D eigenvalue weighted by atomic mass is 16.2. The summed E-state index contributed by atoms with van der Waals surface area (Å²) in [6, 6.07) is 12.8. The number of nitrogens with zero attached hydrogens (tertiary/aromatic N) is 3. The number of aryl methyl sites for hydroxylation is 1. The Morgan fingerprint density at radius 1 is 1.29 bits per heavy atom. The zero-order valence-electron chi connectivity index (χ0n) is 14.8. The van der Waals surface area contributed by atoms with E-state index in [2.05, 4.69) is 23.5 Å². The van der Waals surface area contributed by atoms with E-state index in [1.54, 1.807) is 0 Å². The lowest BCUT2D eigenvalue weighted by atomic mass is 9.75. The van der Waals surface area contributed by atoms with Crippen molar-refractivity contribution in [2.45, 2.75) is 25.7 Å². The number of likely N-dealkylation sites (N-methyl/N-ethyl adjacent to an activating group) is 1. The summed E-state index contributed by atoms with van der Waals surface area (Å²) in [4.78, 5) is 16.1. The summed E-state index contributed by atoms with van der Waals surface area (Å²) in [6.07, 6.45) is 3.31. The first-order valence-electron chi connectivity index (χ1n) is 8.67. The molecular formula is C19H28N4O. The van der Waals surface area contributed by atoms with E-state index in [1.165, 1.54) is 5.56 Å².